The van der Waals surface area contributed by atoms with Gasteiger partial charge in [0.25, 0.3) is 5.56 Å². The molecule has 0 aliphatic carbocycles. The molecule has 3 heterocycles. The number of nitrogens with zero attached hydrogens (tertiary/aromatic N) is 2. The molecule has 8 heteroatoms. The van der Waals surface area contributed by atoms with Crippen LogP contribution in [0.2, 0.25) is 0 Å². The Morgan fingerprint density at radius 1 is 1.30 bits per heavy atom. The lowest BCUT2D eigenvalue weighted by Crippen LogP contribution is -2.55. The summed E-state index contributed by atoms with van der Waals surface area (Å²) in [4.78, 5) is 12.5. The molecule has 120 valence electrons. The van der Waals surface area contributed by atoms with E-state index < -0.39 is 30.1 Å². The van der Waals surface area contributed by atoms with Gasteiger partial charge in [0.05, 0.1) is 17.7 Å². The molecule has 1 saturated heterocycles. The summed E-state index contributed by atoms with van der Waals surface area (Å²) in [5.41, 5.74) is 0.374. The molecular weight excluding hydrogens is 302 g/mol. The first-order valence-electron chi connectivity index (χ1n) is 7.00. The Kier molecular flexibility index (Phi) is 4.02. The molecule has 0 bridgehead atoms. The second-order valence-corrected chi connectivity index (χ2v) is 5.29. The van der Waals surface area contributed by atoms with Gasteiger partial charge in [-0.25, -0.2) is 0 Å². The number of fused-ring (bicyclic) bond motifs is 1. The van der Waals surface area contributed by atoms with Crippen molar-refractivity contribution >= 4 is 11.2 Å². The van der Waals surface area contributed by atoms with Crippen LogP contribution in [0.3, 0.4) is 0 Å². The van der Waals surface area contributed by atoms with Gasteiger partial charge in [-0.2, -0.15) is 5.26 Å². The third kappa shape index (κ3) is 2.67. The Labute approximate surface area is 130 Å². The molecule has 3 rings (SSSR count). The van der Waals surface area contributed by atoms with Gasteiger partial charge in [-0.15, -0.1) is 0 Å². The van der Waals surface area contributed by atoms with Gasteiger partial charge in [-0.3, -0.25) is 9.20 Å². The van der Waals surface area contributed by atoms with E-state index in [0.29, 0.717) is 5.52 Å². The number of rotatable bonds is 2. The van der Waals surface area contributed by atoms with Gasteiger partial charge in [0.1, 0.15) is 30.1 Å². The Bertz CT molecular complexity index is 828. The number of hydrogen-bond donors (Lipinski definition) is 4. The molecule has 2 aromatic rings. The fourth-order valence-electron chi connectivity index (χ4n) is 2.53. The summed E-state index contributed by atoms with van der Waals surface area (Å²) in [5, 5.41) is 41.0. The summed E-state index contributed by atoms with van der Waals surface area (Å²) >= 11 is 0. The van der Waals surface area contributed by atoms with Crippen LogP contribution in [0.25, 0.3) is 5.52 Å². The number of nitrogens with one attached hydrogen (secondary N) is 1. The number of anilines is 1. The fraction of sp³-hybridized carbons (Fsp3) is 0.333. The Hall–Kier alpha value is -2.44. The Morgan fingerprint density at radius 3 is 2.83 bits per heavy atom. The first-order chi connectivity index (χ1) is 11.0. The average molecular weight is 317 g/mol. The third-order valence-corrected chi connectivity index (χ3v) is 3.79. The highest BCUT2D eigenvalue weighted by Gasteiger charge is 2.37. The van der Waals surface area contributed by atoms with Crippen molar-refractivity contribution in [2.24, 2.45) is 0 Å². The number of ether oxygens (including phenoxy) is 1. The molecule has 0 aromatic carbocycles. The maximum atomic E-state index is 12.5. The van der Waals surface area contributed by atoms with Crippen molar-refractivity contribution in [1.82, 2.24) is 4.40 Å². The molecule has 4 N–H and O–H groups in total. The number of aliphatic hydroxyl groups is 3. The van der Waals surface area contributed by atoms with Crippen molar-refractivity contribution in [2.45, 2.75) is 24.5 Å². The number of aliphatic hydroxyl groups excluding tert-OH is 3. The standard InChI is InChI=1S/C15H15N3O5/c16-6-8-5-9(15(22)18-4-2-1-3-10(8)18)17-14-13(21)12(20)11(19)7-23-14/h1-5,11-14,17,19-21H,7H2/t11-,12-,13+,14?/m1/s1. The summed E-state index contributed by atoms with van der Waals surface area (Å²) in [7, 11) is 0. The van der Waals surface area contributed by atoms with Crippen molar-refractivity contribution in [1.29, 1.82) is 5.26 Å². The van der Waals surface area contributed by atoms with Gasteiger partial charge in [-0.1, -0.05) is 6.07 Å². The predicted molar refractivity (Wildman–Crippen MR) is 79.8 cm³/mol. The number of nitriles is 1. The molecule has 1 unspecified atom stereocenters. The molecule has 2 aromatic heterocycles. The summed E-state index contributed by atoms with van der Waals surface area (Å²) < 4.78 is 6.52. The van der Waals surface area contributed by atoms with Crippen molar-refractivity contribution in [2.75, 3.05) is 11.9 Å². The van der Waals surface area contributed by atoms with E-state index in [4.69, 9.17) is 4.74 Å². The topological polar surface area (TPSA) is 127 Å². The molecule has 0 amide bonds. The maximum Gasteiger partial charge on any atom is 0.278 e. The van der Waals surface area contributed by atoms with E-state index in [2.05, 4.69) is 5.32 Å². The SMILES string of the molecule is N#Cc1cc(NC2OC[C@@H](O)[C@@H](O)[C@@H]2O)c(=O)n2ccccc12. The van der Waals surface area contributed by atoms with Crippen molar-refractivity contribution in [3.63, 3.8) is 0 Å². The first kappa shape index (κ1) is 15.5. The van der Waals surface area contributed by atoms with E-state index in [1.54, 1.807) is 18.2 Å². The normalized spacial score (nSPS) is 27.6. The zero-order valence-corrected chi connectivity index (χ0v) is 12.0. The molecule has 0 saturated carbocycles. The highest BCUT2D eigenvalue weighted by molar-refractivity contribution is 5.65. The van der Waals surface area contributed by atoms with Crippen molar-refractivity contribution < 1.29 is 20.1 Å². The maximum absolute atomic E-state index is 12.5. The van der Waals surface area contributed by atoms with Crippen LogP contribution in [0.1, 0.15) is 5.56 Å². The second kappa shape index (κ2) is 5.98. The van der Waals surface area contributed by atoms with E-state index in [9.17, 15) is 25.4 Å². The summed E-state index contributed by atoms with van der Waals surface area (Å²) in [6.45, 7) is -0.185. The number of hydrogen-bond acceptors (Lipinski definition) is 7. The smallest absolute Gasteiger partial charge is 0.278 e. The van der Waals surface area contributed by atoms with Gasteiger partial charge < -0.3 is 25.4 Å². The molecule has 1 aliphatic heterocycles. The highest BCUT2D eigenvalue weighted by Crippen LogP contribution is 2.19. The second-order valence-electron chi connectivity index (χ2n) is 5.29. The molecule has 0 radical (unpaired) electrons. The Morgan fingerprint density at radius 2 is 2.09 bits per heavy atom. The minimum Gasteiger partial charge on any atom is -0.388 e. The zero-order valence-electron chi connectivity index (χ0n) is 12.0. The van der Waals surface area contributed by atoms with Crippen molar-refractivity contribution in [3.05, 3.63) is 46.4 Å². The highest BCUT2D eigenvalue weighted by atomic mass is 16.5. The fourth-order valence-corrected chi connectivity index (χ4v) is 2.53. The van der Waals surface area contributed by atoms with E-state index in [1.165, 1.54) is 16.7 Å². The molecule has 1 fully saturated rings. The quantitative estimate of drug-likeness (QED) is 0.561. The molecule has 1 aliphatic rings. The van der Waals surface area contributed by atoms with Crippen LogP contribution in [-0.4, -0.2) is 50.9 Å². The molecule has 8 nitrogen and oxygen atoms in total. The minimum absolute atomic E-state index is 0.0536. The predicted octanol–water partition coefficient (Wildman–Crippen LogP) is -0.978. The lowest BCUT2D eigenvalue weighted by atomic mass is 10.0. The lowest BCUT2D eigenvalue weighted by molar-refractivity contribution is -0.178. The monoisotopic (exact) mass is 317 g/mol. The van der Waals surface area contributed by atoms with Crippen LogP contribution >= 0.6 is 0 Å². The van der Waals surface area contributed by atoms with Gasteiger partial charge in [0.2, 0.25) is 0 Å². The van der Waals surface area contributed by atoms with Gasteiger partial charge in [0.15, 0.2) is 6.23 Å². The Balaban J connectivity index is 2.00. The summed E-state index contributed by atoms with van der Waals surface area (Å²) in [6.07, 6.45) is -3.55. The van der Waals surface area contributed by atoms with E-state index >= 15 is 0 Å². The minimum atomic E-state index is -1.42. The molecule has 0 spiro atoms. The summed E-state index contributed by atoms with van der Waals surface area (Å²) in [6, 6.07) is 8.40. The zero-order chi connectivity index (χ0) is 16.6. The van der Waals surface area contributed by atoms with E-state index in [0.717, 1.165) is 0 Å². The number of pyridine rings is 2. The third-order valence-electron chi connectivity index (χ3n) is 3.79. The van der Waals surface area contributed by atoms with E-state index in [1.807, 2.05) is 6.07 Å². The summed E-state index contributed by atoms with van der Waals surface area (Å²) in [5.74, 6) is 0. The lowest BCUT2D eigenvalue weighted by Gasteiger charge is -2.35. The number of aromatic nitrogens is 1. The van der Waals surface area contributed by atoms with Crippen LogP contribution in [-0.2, 0) is 4.74 Å². The van der Waals surface area contributed by atoms with Crippen LogP contribution < -0.4 is 10.9 Å². The van der Waals surface area contributed by atoms with E-state index in [-0.39, 0.29) is 17.9 Å². The van der Waals surface area contributed by atoms with Gasteiger partial charge >= 0.3 is 0 Å². The average Bonchev–Trinajstić information content (AvgIpc) is 2.57. The molecule has 4 atom stereocenters. The van der Waals surface area contributed by atoms with Crippen LogP contribution in [0.5, 0.6) is 0 Å². The van der Waals surface area contributed by atoms with Crippen LogP contribution in [0.4, 0.5) is 5.69 Å². The molecular formula is C15H15N3O5. The van der Waals surface area contributed by atoms with Crippen molar-refractivity contribution in [3.8, 4) is 6.07 Å². The molecule has 23 heavy (non-hydrogen) atoms. The van der Waals surface area contributed by atoms with Gasteiger partial charge in [-0.05, 0) is 18.2 Å². The van der Waals surface area contributed by atoms with Crippen LogP contribution in [0, 0.1) is 11.3 Å². The largest absolute Gasteiger partial charge is 0.388 e. The van der Waals surface area contributed by atoms with Gasteiger partial charge in [0, 0.05) is 6.20 Å². The first-order valence-corrected chi connectivity index (χ1v) is 7.00. The van der Waals surface area contributed by atoms with Crippen LogP contribution in [0.15, 0.2) is 35.3 Å².